The number of amides is 1. The van der Waals surface area contributed by atoms with E-state index in [4.69, 9.17) is 11.6 Å². The van der Waals surface area contributed by atoms with Crippen molar-refractivity contribution >= 4 is 45.0 Å². The molecule has 8 heteroatoms. The summed E-state index contributed by atoms with van der Waals surface area (Å²) in [6.07, 6.45) is 5.50. The van der Waals surface area contributed by atoms with Crippen LogP contribution in [0.25, 0.3) is 21.8 Å². The highest BCUT2D eigenvalue weighted by Gasteiger charge is 2.15. The van der Waals surface area contributed by atoms with Gasteiger partial charge in [0.1, 0.15) is 0 Å². The molecule has 0 bridgehead atoms. The quantitative estimate of drug-likeness (QED) is 0.360. The number of rotatable bonds is 6. The molecule has 2 N–H and O–H groups in total. The largest absolute Gasteiger partial charge is 0.370 e. The molecule has 5 aromatic rings. The minimum Gasteiger partial charge on any atom is -0.370 e. The van der Waals surface area contributed by atoms with Crippen molar-refractivity contribution in [2.24, 2.45) is 0 Å². The summed E-state index contributed by atoms with van der Waals surface area (Å²) in [7, 11) is 0. The van der Waals surface area contributed by atoms with Crippen LogP contribution in [0.2, 0.25) is 5.02 Å². The van der Waals surface area contributed by atoms with Crippen molar-refractivity contribution in [3.63, 3.8) is 0 Å². The molecule has 2 aromatic carbocycles. The molecular formula is C27H23ClN6O. The summed E-state index contributed by atoms with van der Waals surface area (Å²) in [5.41, 5.74) is 6.30. The first-order chi connectivity index (χ1) is 17.1. The highest BCUT2D eigenvalue weighted by atomic mass is 35.5. The number of aromatic amines is 1. The van der Waals surface area contributed by atoms with Crippen molar-refractivity contribution in [3.8, 4) is 0 Å². The second kappa shape index (κ2) is 9.00. The lowest BCUT2D eigenvalue weighted by Crippen LogP contribution is -2.36. The molecule has 1 aliphatic heterocycles. The van der Waals surface area contributed by atoms with Gasteiger partial charge < -0.3 is 10.2 Å². The summed E-state index contributed by atoms with van der Waals surface area (Å²) < 4.78 is 0. The number of hydrogen-bond acceptors (Lipinski definition) is 5. The van der Waals surface area contributed by atoms with E-state index >= 15 is 0 Å². The fourth-order valence-electron chi connectivity index (χ4n) is 4.39. The molecule has 1 aliphatic rings. The minimum atomic E-state index is -0.172. The summed E-state index contributed by atoms with van der Waals surface area (Å²) in [6.45, 7) is 2.49. The van der Waals surface area contributed by atoms with Gasteiger partial charge in [-0.15, -0.1) is 0 Å². The molecule has 1 fully saturated rings. The normalized spacial score (nSPS) is 13.2. The standard InChI is InChI=1S/C27H23ClN6O/c28-20-3-5-25-23(14-20)26(33-32-25)16-31-27(35)18-6-7-29-21(12-18)11-17-2-4-24-19(10-17)13-22(15-30-24)34-8-1-9-34/h2-7,10,12-15H,1,8-9,11,16H2,(H,31,35)(H,32,33). The van der Waals surface area contributed by atoms with E-state index in [2.05, 4.69) is 48.6 Å². The number of benzene rings is 2. The molecule has 0 radical (unpaired) electrons. The van der Waals surface area contributed by atoms with E-state index in [9.17, 15) is 4.79 Å². The lowest BCUT2D eigenvalue weighted by molar-refractivity contribution is 0.0950. The number of pyridine rings is 2. The lowest BCUT2D eigenvalue weighted by atomic mass is 10.0. The van der Waals surface area contributed by atoms with E-state index < -0.39 is 0 Å². The Morgan fingerprint density at radius 3 is 2.83 bits per heavy atom. The van der Waals surface area contributed by atoms with Gasteiger partial charge in [0.15, 0.2) is 0 Å². The molecule has 174 valence electrons. The number of fused-ring (bicyclic) bond motifs is 2. The van der Waals surface area contributed by atoms with Crippen LogP contribution in [0.4, 0.5) is 5.69 Å². The summed E-state index contributed by atoms with van der Waals surface area (Å²) in [5, 5.41) is 12.9. The Bertz CT molecular complexity index is 1560. The molecule has 0 atom stereocenters. The number of nitrogens with one attached hydrogen (secondary N) is 2. The molecule has 0 saturated carbocycles. The third-order valence-corrected chi connectivity index (χ3v) is 6.67. The zero-order valence-corrected chi connectivity index (χ0v) is 19.7. The van der Waals surface area contributed by atoms with Crippen LogP contribution in [0.1, 0.15) is 33.7 Å². The van der Waals surface area contributed by atoms with E-state index in [1.807, 2.05) is 30.5 Å². The van der Waals surface area contributed by atoms with Gasteiger partial charge in [-0.1, -0.05) is 17.7 Å². The zero-order chi connectivity index (χ0) is 23.8. The van der Waals surface area contributed by atoms with Gasteiger partial charge in [0, 0.05) is 52.8 Å². The predicted octanol–water partition coefficient (Wildman–Crippen LogP) is 4.89. The van der Waals surface area contributed by atoms with Crippen LogP contribution in [0.3, 0.4) is 0 Å². The van der Waals surface area contributed by atoms with Gasteiger partial charge in [-0.2, -0.15) is 5.10 Å². The number of hydrogen-bond donors (Lipinski definition) is 2. The number of carbonyl (C=O) groups excluding carboxylic acids is 1. The molecule has 0 aliphatic carbocycles. The van der Waals surface area contributed by atoms with Crippen molar-refractivity contribution < 1.29 is 4.79 Å². The van der Waals surface area contributed by atoms with Gasteiger partial charge in [-0.25, -0.2) is 0 Å². The molecule has 6 rings (SSSR count). The fraction of sp³-hybridized carbons (Fsp3) is 0.185. The second-order valence-corrected chi connectivity index (χ2v) is 9.25. The molecule has 3 aromatic heterocycles. The molecule has 0 spiro atoms. The van der Waals surface area contributed by atoms with Gasteiger partial charge in [0.2, 0.25) is 0 Å². The molecule has 0 unspecified atom stereocenters. The topological polar surface area (TPSA) is 86.8 Å². The summed E-state index contributed by atoms with van der Waals surface area (Å²) in [4.78, 5) is 24.3. The van der Waals surface area contributed by atoms with Crippen molar-refractivity contribution in [1.29, 1.82) is 0 Å². The van der Waals surface area contributed by atoms with Crippen molar-refractivity contribution in [2.75, 3.05) is 18.0 Å². The first-order valence-corrected chi connectivity index (χ1v) is 12.0. The smallest absolute Gasteiger partial charge is 0.251 e. The summed E-state index contributed by atoms with van der Waals surface area (Å²) in [5.74, 6) is -0.172. The van der Waals surface area contributed by atoms with E-state index in [0.717, 1.165) is 51.8 Å². The predicted molar refractivity (Wildman–Crippen MR) is 138 cm³/mol. The number of H-pyrrole nitrogens is 1. The van der Waals surface area contributed by atoms with Crippen LogP contribution >= 0.6 is 11.6 Å². The van der Waals surface area contributed by atoms with Gasteiger partial charge in [-0.05, 0) is 60.5 Å². The first-order valence-electron chi connectivity index (χ1n) is 11.6. The lowest BCUT2D eigenvalue weighted by Gasteiger charge is -2.32. The van der Waals surface area contributed by atoms with Gasteiger partial charge in [-0.3, -0.25) is 19.9 Å². The third kappa shape index (κ3) is 4.42. The Kier molecular flexibility index (Phi) is 5.54. The van der Waals surface area contributed by atoms with E-state index in [-0.39, 0.29) is 5.91 Å². The van der Waals surface area contributed by atoms with Crippen LogP contribution in [-0.4, -0.2) is 39.2 Å². The maximum Gasteiger partial charge on any atom is 0.251 e. The van der Waals surface area contributed by atoms with E-state index in [1.165, 1.54) is 12.1 Å². The number of anilines is 1. The van der Waals surface area contributed by atoms with Crippen LogP contribution < -0.4 is 10.2 Å². The highest BCUT2D eigenvalue weighted by molar-refractivity contribution is 6.31. The van der Waals surface area contributed by atoms with Gasteiger partial charge in [0.25, 0.3) is 5.91 Å². The monoisotopic (exact) mass is 482 g/mol. The van der Waals surface area contributed by atoms with Crippen molar-refractivity contribution in [1.82, 2.24) is 25.5 Å². The molecule has 35 heavy (non-hydrogen) atoms. The Morgan fingerprint density at radius 1 is 1.06 bits per heavy atom. The molecule has 1 saturated heterocycles. The first kappa shape index (κ1) is 21.6. The molecule has 1 amide bonds. The maximum atomic E-state index is 12.8. The molecule has 7 nitrogen and oxygen atoms in total. The minimum absolute atomic E-state index is 0.172. The third-order valence-electron chi connectivity index (χ3n) is 6.44. The van der Waals surface area contributed by atoms with Crippen LogP contribution in [0.15, 0.2) is 67.0 Å². The van der Waals surface area contributed by atoms with Gasteiger partial charge >= 0.3 is 0 Å². The summed E-state index contributed by atoms with van der Waals surface area (Å²) >= 11 is 6.11. The Labute approximate surface area is 207 Å². The summed E-state index contributed by atoms with van der Waals surface area (Å²) in [6, 6.07) is 17.6. The van der Waals surface area contributed by atoms with Gasteiger partial charge in [0.05, 0.1) is 35.2 Å². The van der Waals surface area contributed by atoms with E-state index in [1.54, 1.807) is 18.3 Å². The zero-order valence-electron chi connectivity index (χ0n) is 19.0. The maximum absolute atomic E-state index is 12.8. The highest BCUT2D eigenvalue weighted by Crippen LogP contribution is 2.25. The Morgan fingerprint density at radius 2 is 1.97 bits per heavy atom. The Balaban J connectivity index is 1.17. The second-order valence-electron chi connectivity index (χ2n) is 8.82. The molecule has 4 heterocycles. The Hall–Kier alpha value is -3.97. The number of halogens is 1. The SMILES string of the molecule is O=C(NCc1n[nH]c2ccc(Cl)cc12)c1ccnc(Cc2ccc3ncc(N4CCC4)cc3c2)c1. The number of nitrogens with zero attached hydrogens (tertiary/aromatic N) is 4. The van der Waals surface area contributed by atoms with Crippen molar-refractivity contribution in [2.45, 2.75) is 19.4 Å². The molecular weight excluding hydrogens is 460 g/mol. The van der Waals surface area contributed by atoms with E-state index in [0.29, 0.717) is 23.6 Å². The number of aromatic nitrogens is 4. The average Bonchev–Trinajstić information content (AvgIpc) is 3.23. The average molecular weight is 483 g/mol. The number of carbonyl (C=O) groups is 1. The van der Waals surface area contributed by atoms with Crippen LogP contribution in [0, 0.1) is 0 Å². The fourth-order valence-corrected chi connectivity index (χ4v) is 4.57. The van der Waals surface area contributed by atoms with Crippen LogP contribution in [0.5, 0.6) is 0 Å². The van der Waals surface area contributed by atoms with Crippen molar-refractivity contribution in [3.05, 3.63) is 94.5 Å². The van der Waals surface area contributed by atoms with Crippen LogP contribution in [-0.2, 0) is 13.0 Å².